The molecule has 0 saturated carbocycles. The van der Waals surface area contributed by atoms with E-state index < -0.39 is 20.0 Å². The van der Waals surface area contributed by atoms with Gasteiger partial charge in [-0.05, 0) is 65.7 Å². The van der Waals surface area contributed by atoms with Crippen LogP contribution in [0.4, 0.5) is 11.5 Å². The lowest BCUT2D eigenvalue weighted by Crippen LogP contribution is -2.36. The number of morpholine rings is 1. The van der Waals surface area contributed by atoms with E-state index in [1.807, 2.05) is 115 Å². The number of ether oxygens (including phenoxy) is 1. The first-order valence-corrected chi connectivity index (χ1v) is 25.6. The lowest BCUT2D eigenvalue weighted by molar-refractivity contribution is 0.123. The number of hydrogen-bond acceptors (Lipinski definition) is 13. The van der Waals surface area contributed by atoms with E-state index in [-0.39, 0.29) is 25.7 Å². The van der Waals surface area contributed by atoms with Crippen molar-refractivity contribution in [2.45, 2.75) is 22.9 Å². The number of benzene rings is 4. The molecule has 2 aliphatic heterocycles. The van der Waals surface area contributed by atoms with Crippen molar-refractivity contribution in [2.24, 2.45) is 0 Å². The van der Waals surface area contributed by atoms with Crippen LogP contribution in [0, 0.1) is 0 Å². The zero-order valence-corrected chi connectivity index (χ0v) is 38.4. The number of nitrogens with one attached hydrogen (secondary N) is 2. The summed E-state index contributed by atoms with van der Waals surface area (Å²) < 4.78 is 62.4. The van der Waals surface area contributed by atoms with Crippen molar-refractivity contribution in [3.05, 3.63) is 163 Å². The van der Waals surface area contributed by atoms with Crippen molar-refractivity contribution < 1.29 is 24.4 Å². The van der Waals surface area contributed by atoms with Gasteiger partial charge in [0, 0.05) is 71.0 Å². The summed E-state index contributed by atoms with van der Waals surface area (Å²) in [7, 11) is -7.34. The molecule has 0 aliphatic carbocycles. The molecule has 8 aromatic rings. The molecule has 0 radical (unpaired) electrons. The van der Waals surface area contributed by atoms with Gasteiger partial charge in [-0.1, -0.05) is 84.9 Å². The second-order valence-corrected chi connectivity index (χ2v) is 20.3. The van der Waals surface area contributed by atoms with Gasteiger partial charge >= 0.3 is 0 Å². The normalized spacial score (nSPS) is 14.5. The van der Waals surface area contributed by atoms with Gasteiger partial charge in [-0.3, -0.25) is 4.98 Å². The van der Waals surface area contributed by atoms with E-state index in [0.717, 1.165) is 93.5 Å². The molecule has 0 bridgehead atoms. The van der Waals surface area contributed by atoms with Crippen LogP contribution in [-0.2, 0) is 37.9 Å². The molecule has 0 amide bonds. The SMILES string of the molecule is O=S(=O)(NCc1ccccc1)c1cccc(-c2ccc3nccc(N4CCOCC4)c3n2)c1.O=S(=O)(NCc1ccccc1)c1cccc(-c2ccc3ncnc(N4CCSCC4)c3n2)c1.[HH].[HH]. The highest BCUT2D eigenvalue weighted by Crippen LogP contribution is 2.30. The van der Waals surface area contributed by atoms with Crippen molar-refractivity contribution in [3.8, 4) is 22.5 Å². The van der Waals surface area contributed by atoms with Crippen LogP contribution in [0.3, 0.4) is 0 Å². The van der Waals surface area contributed by atoms with Gasteiger partial charge in [-0.15, -0.1) is 0 Å². The van der Waals surface area contributed by atoms with Crippen molar-refractivity contribution in [2.75, 3.05) is 60.7 Å². The minimum absolute atomic E-state index is 0. The van der Waals surface area contributed by atoms with Crippen LogP contribution in [0.2, 0.25) is 0 Å². The Labute approximate surface area is 391 Å². The summed E-state index contributed by atoms with van der Waals surface area (Å²) in [6.45, 7) is 5.26. The van der Waals surface area contributed by atoms with Gasteiger partial charge in [0.15, 0.2) is 5.82 Å². The highest BCUT2D eigenvalue weighted by Gasteiger charge is 2.21. The summed E-state index contributed by atoms with van der Waals surface area (Å²) in [5, 5.41) is 0. The first-order chi connectivity index (χ1) is 32.2. The molecule has 10 rings (SSSR count). The number of pyridine rings is 3. The van der Waals surface area contributed by atoms with Crippen LogP contribution in [0.15, 0.2) is 162 Å². The minimum atomic E-state index is -3.67. The van der Waals surface area contributed by atoms with Crippen LogP contribution in [0.1, 0.15) is 14.0 Å². The molecule has 17 heteroatoms. The van der Waals surface area contributed by atoms with Gasteiger partial charge < -0.3 is 14.5 Å². The predicted molar refractivity (Wildman–Crippen MR) is 265 cm³/mol. The Kier molecular flexibility index (Phi) is 13.9. The second kappa shape index (κ2) is 20.4. The molecule has 2 aliphatic rings. The maximum Gasteiger partial charge on any atom is 0.240 e. The molecule has 340 valence electrons. The van der Waals surface area contributed by atoms with E-state index in [1.54, 1.807) is 48.9 Å². The standard InChI is InChI=1S/C25H24N4O3S.C24H23N5O2S2.2H2/c30-33(31,27-18-19-5-2-1-3-6-19)21-8-4-7-20(17-21)22-9-10-23-25(28-22)24(11-12-26-23)29-13-15-32-16-14-29;30-33(31,27-16-18-5-2-1-3-6-18)20-8-4-7-19(15-20)21-9-10-22-23(28-21)24(26-17-25-22)29-11-13-32-14-12-29;;/h1-12,17,27H,13-16,18H2;1-10,15,17,27H,11-14,16H2;2*1H. The monoisotopic (exact) mass is 941 g/mol. The molecule has 6 heterocycles. The summed E-state index contributed by atoms with van der Waals surface area (Å²) >= 11 is 1.94. The van der Waals surface area contributed by atoms with Crippen molar-refractivity contribution in [1.82, 2.24) is 34.4 Å². The number of nitrogens with zero attached hydrogens (tertiary/aromatic N) is 7. The third-order valence-electron chi connectivity index (χ3n) is 11.2. The van der Waals surface area contributed by atoms with Gasteiger partial charge in [0.25, 0.3) is 0 Å². The second-order valence-electron chi connectivity index (χ2n) is 15.5. The van der Waals surface area contributed by atoms with Gasteiger partial charge in [-0.25, -0.2) is 46.2 Å². The molecule has 0 atom stereocenters. The average molecular weight is 942 g/mol. The molecular formula is C49H51N9O5S3. The highest BCUT2D eigenvalue weighted by molar-refractivity contribution is 7.99. The Balaban J connectivity index is 0.000000196. The number of hydrogen-bond donors (Lipinski definition) is 2. The van der Waals surface area contributed by atoms with Crippen molar-refractivity contribution in [3.63, 3.8) is 0 Å². The number of fused-ring (bicyclic) bond motifs is 2. The summed E-state index contributed by atoms with van der Waals surface area (Å²) in [5.41, 5.74) is 8.76. The van der Waals surface area contributed by atoms with Crippen molar-refractivity contribution in [1.29, 1.82) is 0 Å². The van der Waals surface area contributed by atoms with Crippen LogP contribution in [-0.4, -0.2) is 92.7 Å². The fourth-order valence-corrected chi connectivity index (χ4v) is 10.7. The van der Waals surface area contributed by atoms with Gasteiger partial charge in [-0.2, -0.15) is 11.8 Å². The maximum absolute atomic E-state index is 12.9. The van der Waals surface area contributed by atoms with Crippen LogP contribution in [0.25, 0.3) is 44.6 Å². The molecule has 0 spiro atoms. The number of rotatable bonds is 12. The lowest BCUT2D eigenvalue weighted by Gasteiger charge is -2.29. The fraction of sp³-hybridized carbons (Fsp3) is 0.204. The average Bonchev–Trinajstić information content (AvgIpc) is 3.38. The van der Waals surface area contributed by atoms with Crippen molar-refractivity contribution >= 4 is 65.4 Å². The summed E-state index contributed by atoms with van der Waals surface area (Å²) in [6, 6.07) is 42.2. The molecule has 66 heavy (non-hydrogen) atoms. The minimum Gasteiger partial charge on any atom is -0.378 e. The molecule has 2 N–H and O–H groups in total. The van der Waals surface area contributed by atoms with E-state index >= 15 is 0 Å². The zero-order chi connectivity index (χ0) is 45.4. The summed E-state index contributed by atoms with van der Waals surface area (Å²) in [5.74, 6) is 2.94. The van der Waals surface area contributed by atoms with E-state index in [1.165, 1.54) is 0 Å². The molecule has 4 aromatic heterocycles. The summed E-state index contributed by atoms with van der Waals surface area (Å²) in [6.07, 6.45) is 3.37. The molecule has 14 nitrogen and oxygen atoms in total. The predicted octanol–water partition coefficient (Wildman–Crippen LogP) is 7.83. The molecular weight excluding hydrogens is 891 g/mol. The summed E-state index contributed by atoms with van der Waals surface area (Å²) in [4.78, 5) is 28.0. The third kappa shape index (κ3) is 10.7. The number of sulfonamides is 2. The number of aromatic nitrogens is 5. The quantitative estimate of drug-likeness (QED) is 0.122. The molecule has 4 aromatic carbocycles. The Morgan fingerprint density at radius 3 is 1.68 bits per heavy atom. The molecule has 2 fully saturated rings. The Bertz CT molecular complexity index is 2970. The maximum atomic E-state index is 12.9. The Morgan fingerprint density at radius 2 is 1.11 bits per heavy atom. The van der Waals surface area contributed by atoms with E-state index in [0.29, 0.717) is 24.6 Å². The van der Waals surface area contributed by atoms with E-state index in [9.17, 15) is 16.8 Å². The smallest absolute Gasteiger partial charge is 0.240 e. The van der Waals surface area contributed by atoms with Gasteiger partial charge in [0.05, 0.1) is 51.1 Å². The van der Waals surface area contributed by atoms with Crippen LogP contribution < -0.4 is 19.2 Å². The highest BCUT2D eigenvalue weighted by atomic mass is 32.2. The van der Waals surface area contributed by atoms with Crippen LogP contribution >= 0.6 is 11.8 Å². The first kappa shape index (κ1) is 44.8. The Hall–Kier alpha value is -6.34. The largest absolute Gasteiger partial charge is 0.378 e. The van der Waals surface area contributed by atoms with E-state index in [4.69, 9.17) is 14.7 Å². The lowest BCUT2D eigenvalue weighted by atomic mass is 10.1. The third-order valence-corrected chi connectivity index (χ3v) is 14.9. The topological polar surface area (TPSA) is 172 Å². The molecule has 2 saturated heterocycles. The van der Waals surface area contributed by atoms with Gasteiger partial charge in [0.2, 0.25) is 20.0 Å². The van der Waals surface area contributed by atoms with Crippen LogP contribution in [0.5, 0.6) is 0 Å². The zero-order valence-electron chi connectivity index (χ0n) is 35.9. The number of thioether (sulfide) groups is 1. The van der Waals surface area contributed by atoms with Gasteiger partial charge in [0.1, 0.15) is 17.4 Å². The first-order valence-electron chi connectivity index (χ1n) is 21.5. The fourth-order valence-electron chi connectivity index (χ4n) is 7.69. The Morgan fingerprint density at radius 1 is 0.561 bits per heavy atom. The molecule has 0 unspecified atom stereocenters. The van der Waals surface area contributed by atoms with E-state index in [2.05, 4.69) is 34.2 Å². The number of anilines is 2.